The van der Waals surface area contributed by atoms with Crippen LogP contribution >= 0.6 is 11.6 Å². The molecule has 1 aromatic carbocycles. The molecule has 2 atom stereocenters. The van der Waals surface area contributed by atoms with Gasteiger partial charge in [-0.1, -0.05) is 11.6 Å². The Labute approximate surface area is 126 Å². The number of aliphatic carboxylic acids is 1. The van der Waals surface area contributed by atoms with Gasteiger partial charge in [0.15, 0.2) is 0 Å². The summed E-state index contributed by atoms with van der Waals surface area (Å²) >= 11 is 5.59. The fraction of sp³-hybridized carbons (Fsp3) is 0.429. The summed E-state index contributed by atoms with van der Waals surface area (Å²) in [6, 6.07) is 3.22. The number of rotatable bonds is 4. The number of carbonyl (C=O) groups excluding carboxylic acids is 1. The molecule has 0 radical (unpaired) electrons. The van der Waals surface area contributed by atoms with Crippen LogP contribution in [0.25, 0.3) is 0 Å². The van der Waals surface area contributed by atoms with Gasteiger partial charge in [0.1, 0.15) is 11.7 Å². The molecule has 5 nitrogen and oxygen atoms in total. The Kier molecular flexibility index (Phi) is 4.80. The molecule has 2 unspecified atom stereocenters. The zero-order chi connectivity index (χ0) is 15.6. The van der Waals surface area contributed by atoms with E-state index in [2.05, 4.69) is 0 Å². The summed E-state index contributed by atoms with van der Waals surface area (Å²) in [6.07, 6.45) is 0. The molecule has 0 aliphatic carbocycles. The molecular formula is C14H15ClFNO4. The van der Waals surface area contributed by atoms with E-state index in [1.54, 1.807) is 6.92 Å². The molecule has 1 saturated heterocycles. The van der Waals surface area contributed by atoms with Crippen molar-refractivity contribution in [1.29, 1.82) is 0 Å². The summed E-state index contributed by atoms with van der Waals surface area (Å²) in [5.41, 5.74) is 0.134. The van der Waals surface area contributed by atoms with E-state index in [-0.39, 0.29) is 23.8 Å². The molecule has 21 heavy (non-hydrogen) atoms. The van der Waals surface area contributed by atoms with Crippen molar-refractivity contribution in [2.45, 2.75) is 13.0 Å². The Morgan fingerprint density at radius 3 is 2.76 bits per heavy atom. The predicted molar refractivity (Wildman–Crippen MR) is 73.9 cm³/mol. The van der Waals surface area contributed by atoms with Gasteiger partial charge in [0.25, 0.3) is 5.91 Å². The second-order valence-corrected chi connectivity index (χ2v) is 5.18. The highest BCUT2D eigenvalue weighted by molar-refractivity contribution is 6.30. The highest BCUT2D eigenvalue weighted by Gasteiger charge is 2.39. The molecular weight excluding hydrogens is 301 g/mol. The minimum atomic E-state index is -1.01. The molecule has 1 N–H and O–H groups in total. The Morgan fingerprint density at radius 2 is 2.19 bits per heavy atom. The van der Waals surface area contributed by atoms with Crippen molar-refractivity contribution in [3.8, 4) is 0 Å². The van der Waals surface area contributed by atoms with Crippen LogP contribution < -0.4 is 0 Å². The maximum atomic E-state index is 13.5. The maximum Gasteiger partial charge on any atom is 0.311 e. The van der Waals surface area contributed by atoms with Crippen LogP contribution in [0.1, 0.15) is 17.3 Å². The van der Waals surface area contributed by atoms with Crippen LogP contribution in [0.15, 0.2) is 18.2 Å². The van der Waals surface area contributed by atoms with E-state index < -0.39 is 29.7 Å². The third-order valence-corrected chi connectivity index (χ3v) is 3.84. The normalized spacial score (nSPS) is 21.3. The number of hydrogen-bond acceptors (Lipinski definition) is 3. The molecule has 1 fully saturated rings. The van der Waals surface area contributed by atoms with Crippen LogP contribution in [-0.2, 0) is 9.53 Å². The zero-order valence-electron chi connectivity index (χ0n) is 11.4. The topological polar surface area (TPSA) is 66.8 Å². The van der Waals surface area contributed by atoms with Crippen LogP contribution in [0.3, 0.4) is 0 Å². The minimum absolute atomic E-state index is 0.0674. The van der Waals surface area contributed by atoms with Gasteiger partial charge in [0, 0.05) is 12.1 Å². The van der Waals surface area contributed by atoms with Crippen LogP contribution in [0.4, 0.5) is 4.39 Å². The Bertz CT molecular complexity index is 566. The van der Waals surface area contributed by atoms with Crippen molar-refractivity contribution in [2.24, 2.45) is 5.92 Å². The van der Waals surface area contributed by atoms with Gasteiger partial charge in [0.2, 0.25) is 0 Å². The van der Waals surface area contributed by atoms with Gasteiger partial charge >= 0.3 is 5.97 Å². The van der Waals surface area contributed by atoms with Crippen molar-refractivity contribution in [3.05, 3.63) is 34.6 Å². The number of hydrogen-bond donors (Lipinski definition) is 1. The number of carboxylic acids is 1. The molecule has 2 rings (SSSR count). The molecule has 7 heteroatoms. The van der Waals surface area contributed by atoms with E-state index in [0.29, 0.717) is 6.54 Å². The van der Waals surface area contributed by atoms with E-state index in [0.717, 1.165) is 6.07 Å². The van der Waals surface area contributed by atoms with Crippen molar-refractivity contribution in [1.82, 2.24) is 4.90 Å². The number of carbonyl (C=O) groups is 2. The number of ether oxygens (including phenoxy) is 1. The summed E-state index contributed by atoms with van der Waals surface area (Å²) in [6.45, 7) is 2.27. The van der Waals surface area contributed by atoms with E-state index in [1.165, 1.54) is 17.0 Å². The first-order valence-corrected chi connectivity index (χ1v) is 6.90. The van der Waals surface area contributed by atoms with Crippen LogP contribution in [0.2, 0.25) is 5.02 Å². The first-order chi connectivity index (χ1) is 9.95. The molecule has 1 amide bonds. The Morgan fingerprint density at radius 1 is 1.48 bits per heavy atom. The maximum absolute atomic E-state index is 13.5. The van der Waals surface area contributed by atoms with Gasteiger partial charge in [-0.25, -0.2) is 4.39 Å². The van der Waals surface area contributed by atoms with E-state index in [1.807, 2.05) is 0 Å². The first kappa shape index (κ1) is 15.7. The van der Waals surface area contributed by atoms with Crippen molar-refractivity contribution in [3.63, 3.8) is 0 Å². The number of nitrogens with zero attached hydrogens (tertiary/aromatic N) is 1. The van der Waals surface area contributed by atoms with Crippen molar-refractivity contribution < 1.29 is 23.8 Å². The van der Waals surface area contributed by atoms with Gasteiger partial charge in [-0.2, -0.15) is 0 Å². The molecule has 114 valence electrons. The smallest absolute Gasteiger partial charge is 0.311 e. The van der Waals surface area contributed by atoms with E-state index in [9.17, 15) is 14.0 Å². The third-order valence-electron chi connectivity index (χ3n) is 3.54. The lowest BCUT2D eigenvalue weighted by Gasteiger charge is -2.29. The third kappa shape index (κ3) is 3.16. The van der Waals surface area contributed by atoms with Crippen molar-refractivity contribution in [2.75, 3.05) is 19.8 Å². The van der Waals surface area contributed by atoms with Gasteiger partial charge in [-0.15, -0.1) is 0 Å². The van der Waals surface area contributed by atoms with E-state index in [4.69, 9.17) is 21.4 Å². The summed E-state index contributed by atoms with van der Waals surface area (Å²) in [5.74, 6) is -2.90. The quantitative estimate of drug-likeness (QED) is 0.923. The lowest BCUT2D eigenvalue weighted by Crippen LogP contribution is -2.46. The monoisotopic (exact) mass is 315 g/mol. The second-order valence-electron chi connectivity index (χ2n) is 4.77. The molecule has 0 saturated carbocycles. The van der Waals surface area contributed by atoms with E-state index >= 15 is 0 Å². The predicted octanol–water partition coefficient (Wildman–Crippen LogP) is 2.04. The molecule has 0 aromatic heterocycles. The van der Waals surface area contributed by atoms with Gasteiger partial charge in [0.05, 0.1) is 24.3 Å². The fourth-order valence-corrected chi connectivity index (χ4v) is 2.53. The number of benzene rings is 1. The fourth-order valence-electron chi connectivity index (χ4n) is 2.41. The lowest BCUT2D eigenvalue weighted by molar-refractivity contribution is -0.142. The number of carboxylic acid groups (broad SMARTS) is 1. The van der Waals surface area contributed by atoms with Gasteiger partial charge in [-0.05, 0) is 25.1 Å². The number of halogens is 2. The average Bonchev–Trinajstić information content (AvgIpc) is 2.92. The molecule has 1 aliphatic rings. The summed E-state index contributed by atoms with van der Waals surface area (Å²) in [5, 5.41) is 9.10. The Hall–Kier alpha value is -1.66. The number of amides is 1. The minimum Gasteiger partial charge on any atom is -0.481 e. The zero-order valence-corrected chi connectivity index (χ0v) is 12.1. The lowest BCUT2D eigenvalue weighted by atomic mass is 10.0. The largest absolute Gasteiger partial charge is 0.481 e. The Balaban J connectivity index is 2.26. The SMILES string of the molecule is CCN(C(=O)c1ccc(Cl)c(F)c1)C1COCC1C(=O)O. The van der Waals surface area contributed by atoms with Gasteiger partial charge in [-0.3, -0.25) is 9.59 Å². The molecule has 0 bridgehead atoms. The highest BCUT2D eigenvalue weighted by atomic mass is 35.5. The second kappa shape index (κ2) is 6.41. The summed E-state index contributed by atoms with van der Waals surface area (Å²) in [4.78, 5) is 25.1. The standard InChI is InChI=1S/C14H15ClFNO4/c1-2-17(12-7-21-6-9(12)14(19)20)13(18)8-3-4-10(15)11(16)5-8/h3-5,9,12H,2,6-7H2,1H3,(H,19,20). The molecule has 1 aliphatic heterocycles. The first-order valence-electron chi connectivity index (χ1n) is 6.52. The molecule has 1 aromatic rings. The molecule has 1 heterocycles. The highest BCUT2D eigenvalue weighted by Crippen LogP contribution is 2.23. The van der Waals surface area contributed by atoms with Crippen LogP contribution in [0, 0.1) is 11.7 Å². The van der Waals surface area contributed by atoms with Crippen LogP contribution in [0.5, 0.6) is 0 Å². The average molecular weight is 316 g/mol. The summed E-state index contributed by atoms with van der Waals surface area (Å²) < 4.78 is 18.6. The van der Waals surface area contributed by atoms with Crippen LogP contribution in [-0.4, -0.2) is 47.7 Å². The van der Waals surface area contributed by atoms with Crippen molar-refractivity contribution >= 4 is 23.5 Å². The summed E-state index contributed by atoms with van der Waals surface area (Å²) in [7, 11) is 0. The number of likely N-dealkylation sites (N-methyl/N-ethyl adjacent to an activating group) is 1. The van der Waals surface area contributed by atoms with Gasteiger partial charge < -0.3 is 14.7 Å². The molecule has 0 spiro atoms.